The fourth-order valence-electron chi connectivity index (χ4n) is 2.57. The van der Waals surface area contributed by atoms with Crippen LogP contribution in [0.15, 0.2) is 46.9 Å². The summed E-state index contributed by atoms with van der Waals surface area (Å²) in [5.74, 6) is 0.758. The van der Waals surface area contributed by atoms with Crippen molar-refractivity contribution >= 4 is 5.69 Å². The molecule has 2 heterocycles. The van der Waals surface area contributed by atoms with Crippen molar-refractivity contribution in [2.45, 2.75) is 26.2 Å². The van der Waals surface area contributed by atoms with E-state index in [0.29, 0.717) is 17.5 Å². The first-order valence-corrected chi connectivity index (χ1v) is 7.96. The number of hydrogen-bond donors (Lipinski definition) is 1. The summed E-state index contributed by atoms with van der Waals surface area (Å²) in [5.41, 5.74) is 2.52. The number of aryl methyl sites for hydroxylation is 1. The van der Waals surface area contributed by atoms with E-state index in [4.69, 9.17) is 4.42 Å². The van der Waals surface area contributed by atoms with Gasteiger partial charge in [-0.15, -0.1) is 19.0 Å². The Bertz CT molecular complexity index is 941. The molecular formula is C18H15F2N3O3. The molecule has 0 saturated heterocycles. The summed E-state index contributed by atoms with van der Waals surface area (Å²) in [7, 11) is 0. The maximum Gasteiger partial charge on any atom is 0.586 e. The van der Waals surface area contributed by atoms with Crippen molar-refractivity contribution in [1.29, 1.82) is 0 Å². The molecule has 3 aromatic rings. The lowest BCUT2D eigenvalue weighted by atomic mass is 10.1. The van der Waals surface area contributed by atoms with Crippen molar-refractivity contribution in [2.75, 3.05) is 5.32 Å². The molecule has 0 unspecified atom stereocenters. The van der Waals surface area contributed by atoms with Crippen LogP contribution in [0.25, 0.3) is 11.5 Å². The number of hydrogen-bond acceptors (Lipinski definition) is 6. The molecule has 0 saturated carbocycles. The predicted molar refractivity (Wildman–Crippen MR) is 89.2 cm³/mol. The molecule has 6 nitrogen and oxygen atoms in total. The van der Waals surface area contributed by atoms with Gasteiger partial charge >= 0.3 is 6.29 Å². The second-order valence-electron chi connectivity index (χ2n) is 6.01. The number of nitrogens with one attached hydrogen (secondary N) is 1. The molecule has 134 valence electrons. The summed E-state index contributed by atoms with van der Waals surface area (Å²) >= 11 is 0. The summed E-state index contributed by atoms with van der Waals surface area (Å²) in [5, 5.41) is 11.2. The summed E-state index contributed by atoms with van der Waals surface area (Å²) in [4.78, 5) is 0. The van der Waals surface area contributed by atoms with Gasteiger partial charge in [0.05, 0.1) is 0 Å². The number of halogens is 2. The van der Waals surface area contributed by atoms with Gasteiger partial charge in [-0.3, -0.25) is 0 Å². The highest BCUT2D eigenvalue weighted by Crippen LogP contribution is 2.42. The van der Waals surface area contributed by atoms with Crippen LogP contribution < -0.4 is 14.8 Å². The Hall–Kier alpha value is -3.16. The lowest BCUT2D eigenvalue weighted by Crippen LogP contribution is -2.25. The van der Waals surface area contributed by atoms with Gasteiger partial charge in [0.1, 0.15) is 6.04 Å². The number of ether oxygens (including phenoxy) is 2. The largest absolute Gasteiger partial charge is 0.586 e. The van der Waals surface area contributed by atoms with Crippen molar-refractivity contribution in [1.82, 2.24) is 10.2 Å². The maximum absolute atomic E-state index is 13.1. The first-order chi connectivity index (χ1) is 12.4. The highest BCUT2D eigenvalue weighted by molar-refractivity contribution is 5.57. The first-order valence-electron chi connectivity index (χ1n) is 7.96. The molecule has 1 aliphatic rings. The topological polar surface area (TPSA) is 69.4 Å². The highest BCUT2D eigenvalue weighted by Gasteiger charge is 2.43. The fourth-order valence-corrected chi connectivity index (χ4v) is 2.57. The van der Waals surface area contributed by atoms with Crippen molar-refractivity contribution < 1.29 is 22.7 Å². The van der Waals surface area contributed by atoms with E-state index >= 15 is 0 Å². The molecule has 0 radical (unpaired) electrons. The van der Waals surface area contributed by atoms with Gasteiger partial charge in [-0.2, -0.15) is 0 Å². The van der Waals surface area contributed by atoms with E-state index in [1.807, 2.05) is 38.1 Å². The van der Waals surface area contributed by atoms with Crippen molar-refractivity contribution in [2.24, 2.45) is 0 Å². The second-order valence-corrected chi connectivity index (χ2v) is 6.01. The maximum atomic E-state index is 13.1. The van der Waals surface area contributed by atoms with E-state index in [1.54, 1.807) is 6.07 Å². The number of aromatic nitrogens is 2. The van der Waals surface area contributed by atoms with Crippen molar-refractivity contribution in [3.63, 3.8) is 0 Å². The minimum Gasteiger partial charge on any atom is -0.418 e. The number of rotatable bonds is 4. The molecule has 1 N–H and O–H groups in total. The monoisotopic (exact) mass is 359 g/mol. The Morgan fingerprint density at radius 3 is 2.50 bits per heavy atom. The number of nitrogens with zero attached hydrogens (tertiary/aromatic N) is 2. The summed E-state index contributed by atoms with van der Waals surface area (Å²) < 4.78 is 40.7. The minimum atomic E-state index is -3.64. The summed E-state index contributed by atoms with van der Waals surface area (Å²) in [6.07, 6.45) is -3.64. The third-order valence-corrected chi connectivity index (χ3v) is 3.89. The molecule has 0 aliphatic carbocycles. The quantitative estimate of drug-likeness (QED) is 0.738. The van der Waals surface area contributed by atoms with Crippen molar-refractivity contribution in [3.8, 4) is 23.0 Å². The lowest BCUT2D eigenvalue weighted by Gasteiger charge is -2.11. The van der Waals surface area contributed by atoms with Gasteiger partial charge in [0.2, 0.25) is 11.8 Å². The Labute approximate surface area is 147 Å². The molecule has 1 atom stereocenters. The Kier molecular flexibility index (Phi) is 3.75. The minimum absolute atomic E-state index is 0.00680. The standard InChI is InChI=1S/C18H15F2N3O3/c1-10-3-5-12(6-4-10)17-23-22-16(24-17)11(2)21-13-7-8-14-15(9-13)26-18(19,20)25-14/h3-9,11,21H,1-2H3/t11-/m1/s1. The van der Waals surface area contributed by atoms with Crippen LogP contribution in [0, 0.1) is 6.92 Å². The second kappa shape index (κ2) is 5.98. The molecule has 0 spiro atoms. The van der Waals surface area contributed by atoms with Gasteiger partial charge in [-0.1, -0.05) is 17.7 Å². The van der Waals surface area contributed by atoms with E-state index in [-0.39, 0.29) is 17.5 Å². The smallest absolute Gasteiger partial charge is 0.418 e. The average molecular weight is 359 g/mol. The van der Waals surface area contributed by atoms with Crippen LogP contribution in [0.4, 0.5) is 14.5 Å². The Morgan fingerprint density at radius 2 is 1.73 bits per heavy atom. The normalized spacial score (nSPS) is 15.7. The van der Waals surface area contributed by atoms with E-state index in [2.05, 4.69) is 25.0 Å². The number of alkyl halides is 2. The van der Waals surface area contributed by atoms with Gasteiger partial charge in [0.25, 0.3) is 0 Å². The molecule has 26 heavy (non-hydrogen) atoms. The molecule has 1 aromatic heterocycles. The molecule has 4 rings (SSSR count). The lowest BCUT2D eigenvalue weighted by molar-refractivity contribution is -0.286. The molecular weight excluding hydrogens is 344 g/mol. The van der Waals surface area contributed by atoms with Crippen LogP contribution in [-0.2, 0) is 0 Å². The molecule has 0 fully saturated rings. The van der Waals surface area contributed by atoms with Crippen LogP contribution in [-0.4, -0.2) is 16.5 Å². The van der Waals surface area contributed by atoms with Crippen LogP contribution >= 0.6 is 0 Å². The van der Waals surface area contributed by atoms with E-state index in [9.17, 15) is 8.78 Å². The third-order valence-electron chi connectivity index (χ3n) is 3.89. The molecule has 2 aromatic carbocycles. The van der Waals surface area contributed by atoms with Gasteiger partial charge in [-0.05, 0) is 38.1 Å². The first kappa shape index (κ1) is 16.3. The predicted octanol–water partition coefficient (Wildman–Crippen LogP) is 4.54. The Balaban J connectivity index is 1.49. The fraction of sp³-hybridized carbons (Fsp3) is 0.222. The van der Waals surface area contributed by atoms with Crippen LogP contribution in [0.5, 0.6) is 11.5 Å². The summed E-state index contributed by atoms with van der Waals surface area (Å²) in [6, 6.07) is 11.9. The molecule has 8 heteroatoms. The highest BCUT2D eigenvalue weighted by atomic mass is 19.3. The van der Waals surface area contributed by atoms with Gasteiger partial charge in [0.15, 0.2) is 11.5 Å². The summed E-state index contributed by atoms with van der Waals surface area (Å²) in [6.45, 7) is 3.82. The van der Waals surface area contributed by atoms with Crippen LogP contribution in [0.2, 0.25) is 0 Å². The number of anilines is 1. The zero-order valence-electron chi connectivity index (χ0n) is 14.0. The number of fused-ring (bicyclic) bond motifs is 1. The number of benzene rings is 2. The van der Waals surface area contributed by atoms with E-state index in [1.165, 1.54) is 12.1 Å². The zero-order chi connectivity index (χ0) is 18.3. The van der Waals surface area contributed by atoms with Crippen LogP contribution in [0.3, 0.4) is 0 Å². The van der Waals surface area contributed by atoms with Gasteiger partial charge in [-0.25, -0.2) is 0 Å². The Morgan fingerprint density at radius 1 is 1.00 bits per heavy atom. The third kappa shape index (κ3) is 3.17. The van der Waals surface area contributed by atoms with E-state index in [0.717, 1.165) is 11.1 Å². The molecule has 1 aliphatic heterocycles. The average Bonchev–Trinajstić information content (AvgIpc) is 3.18. The molecule has 0 bridgehead atoms. The van der Waals surface area contributed by atoms with Crippen molar-refractivity contribution in [3.05, 3.63) is 53.9 Å². The SMILES string of the molecule is Cc1ccc(-c2nnc([C@@H](C)Nc3ccc4c(c3)OC(F)(F)O4)o2)cc1. The zero-order valence-corrected chi connectivity index (χ0v) is 14.0. The van der Waals surface area contributed by atoms with Gasteiger partial charge in [0, 0.05) is 17.3 Å². The molecule has 0 amide bonds. The van der Waals surface area contributed by atoms with Gasteiger partial charge < -0.3 is 19.2 Å². The van der Waals surface area contributed by atoms with Crippen LogP contribution in [0.1, 0.15) is 24.4 Å². The van der Waals surface area contributed by atoms with E-state index < -0.39 is 6.29 Å².